The lowest BCUT2D eigenvalue weighted by Gasteiger charge is -2.10. The van der Waals surface area contributed by atoms with Crippen LogP contribution in [0.4, 0.5) is 0 Å². The van der Waals surface area contributed by atoms with Crippen molar-refractivity contribution in [3.63, 3.8) is 0 Å². The van der Waals surface area contributed by atoms with Crippen LogP contribution in [0.1, 0.15) is 18.2 Å². The number of thiophene rings is 1. The first-order valence-electron chi connectivity index (χ1n) is 4.19. The first kappa shape index (κ1) is 10.2. The molecule has 1 nitrogen and oxygen atoms in total. The Kier molecular flexibility index (Phi) is 4.26. The van der Waals surface area contributed by atoms with Crippen LogP contribution in [-0.4, -0.2) is 6.54 Å². The Balaban J connectivity index is 2.56. The molecule has 0 saturated carbocycles. The van der Waals surface area contributed by atoms with Crippen LogP contribution in [0.25, 0.3) is 0 Å². The second-order valence-electron chi connectivity index (χ2n) is 2.91. The average Bonchev–Trinajstić information content (AvgIpc) is 2.47. The Hall–Kier alpha value is 0.140. The largest absolute Gasteiger partial charge is 0.330 e. The van der Waals surface area contributed by atoms with Crippen LogP contribution in [0, 0.1) is 5.92 Å². The lowest BCUT2D eigenvalue weighted by atomic mass is 10.0. The van der Waals surface area contributed by atoms with Crippen LogP contribution in [0.2, 0.25) is 0 Å². The van der Waals surface area contributed by atoms with Gasteiger partial charge in [0.25, 0.3) is 0 Å². The Morgan fingerprint density at radius 3 is 2.83 bits per heavy atom. The monoisotopic (exact) mass is 247 g/mol. The standard InChI is InChI=1S/C9H14BrNS/c1-2-7(6-11)5-9-8(10)3-4-12-9/h3-4,7H,2,5-6,11H2,1H3. The minimum absolute atomic E-state index is 0.639. The van der Waals surface area contributed by atoms with E-state index in [1.165, 1.54) is 15.8 Å². The topological polar surface area (TPSA) is 26.0 Å². The van der Waals surface area contributed by atoms with Gasteiger partial charge >= 0.3 is 0 Å². The van der Waals surface area contributed by atoms with E-state index in [9.17, 15) is 0 Å². The summed E-state index contributed by atoms with van der Waals surface area (Å²) in [7, 11) is 0. The predicted octanol–water partition coefficient (Wildman–Crippen LogP) is 3.04. The van der Waals surface area contributed by atoms with Crippen molar-refractivity contribution in [1.29, 1.82) is 0 Å². The molecule has 1 atom stereocenters. The molecule has 0 amide bonds. The van der Waals surface area contributed by atoms with Crippen molar-refractivity contribution in [2.24, 2.45) is 11.7 Å². The van der Waals surface area contributed by atoms with Gasteiger partial charge in [0, 0.05) is 9.35 Å². The maximum absolute atomic E-state index is 5.64. The predicted molar refractivity (Wildman–Crippen MR) is 58.6 cm³/mol. The summed E-state index contributed by atoms with van der Waals surface area (Å²) in [4.78, 5) is 1.42. The van der Waals surface area contributed by atoms with E-state index in [2.05, 4.69) is 34.3 Å². The molecule has 0 spiro atoms. The SMILES string of the molecule is CCC(CN)Cc1sccc1Br. The third-order valence-electron chi connectivity index (χ3n) is 2.08. The van der Waals surface area contributed by atoms with Crippen LogP contribution < -0.4 is 5.73 Å². The highest BCUT2D eigenvalue weighted by Gasteiger charge is 2.08. The van der Waals surface area contributed by atoms with Crippen LogP contribution in [-0.2, 0) is 6.42 Å². The molecule has 1 aromatic rings. The summed E-state index contributed by atoms with van der Waals surface area (Å²) in [6, 6.07) is 2.10. The van der Waals surface area contributed by atoms with Gasteiger partial charge in [-0.05, 0) is 46.3 Å². The molecule has 0 aliphatic carbocycles. The second kappa shape index (κ2) is 5.00. The Bertz CT molecular complexity index is 230. The van der Waals surface area contributed by atoms with Gasteiger partial charge in [-0.15, -0.1) is 11.3 Å². The summed E-state index contributed by atoms with van der Waals surface area (Å²) in [6.07, 6.45) is 2.28. The zero-order valence-corrected chi connectivity index (χ0v) is 9.62. The van der Waals surface area contributed by atoms with E-state index in [-0.39, 0.29) is 0 Å². The fourth-order valence-electron chi connectivity index (χ4n) is 1.13. The zero-order valence-electron chi connectivity index (χ0n) is 7.22. The van der Waals surface area contributed by atoms with E-state index in [1.54, 1.807) is 11.3 Å². The zero-order chi connectivity index (χ0) is 8.97. The first-order valence-corrected chi connectivity index (χ1v) is 5.87. The summed E-state index contributed by atoms with van der Waals surface area (Å²) in [6.45, 7) is 2.99. The fourth-order valence-corrected chi connectivity index (χ4v) is 2.76. The maximum Gasteiger partial charge on any atom is 0.0314 e. The molecule has 1 heterocycles. The highest BCUT2D eigenvalue weighted by atomic mass is 79.9. The lowest BCUT2D eigenvalue weighted by molar-refractivity contribution is 0.522. The molecule has 0 aliphatic rings. The van der Waals surface area contributed by atoms with Crippen molar-refractivity contribution in [2.45, 2.75) is 19.8 Å². The summed E-state index contributed by atoms with van der Waals surface area (Å²) in [5.74, 6) is 0.639. The summed E-state index contributed by atoms with van der Waals surface area (Å²) < 4.78 is 1.24. The van der Waals surface area contributed by atoms with Crippen LogP contribution in [0.3, 0.4) is 0 Å². The van der Waals surface area contributed by atoms with Gasteiger partial charge in [0.15, 0.2) is 0 Å². The molecule has 0 saturated heterocycles. The molecule has 0 aliphatic heterocycles. The van der Waals surface area contributed by atoms with Crippen molar-refractivity contribution in [3.05, 3.63) is 20.8 Å². The Labute approximate surface area is 86.1 Å². The van der Waals surface area contributed by atoms with E-state index in [0.29, 0.717) is 5.92 Å². The van der Waals surface area contributed by atoms with Gasteiger partial charge in [-0.25, -0.2) is 0 Å². The van der Waals surface area contributed by atoms with E-state index < -0.39 is 0 Å². The minimum Gasteiger partial charge on any atom is -0.330 e. The molecule has 12 heavy (non-hydrogen) atoms. The first-order chi connectivity index (χ1) is 5.77. The lowest BCUT2D eigenvalue weighted by Crippen LogP contribution is -2.15. The molecule has 0 fully saturated rings. The van der Waals surface area contributed by atoms with E-state index in [1.807, 2.05) is 0 Å². The van der Waals surface area contributed by atoms with Gasteiger partial charge in [-0.3, -0.25) is 0 Å². The molecule has 0 bridgehead atoms. The minimum atomic E-state index is 0.639. The van der Waals surface area contributed by atoms with Crippen molar-refractivity contribution < 1.29 is 0 Å². The number of nitrogens with two attached hydrogens (primary N) is 1. The maximum atomic E-state index is 5.64. The molecule has 0 radical (unpaired) electrons. The molecular formula is C9H14BrNS. The molecule has 1 rings (SSSR count). The summed E-state index contributed by atoms with van der Waals surface area (Å²) >= 11 is 5.33. The number of hydrogen-bond donors (Lipinski definition) is 1. The molecule has 1 unspecified atom stereocenters. The highest BCUT2D eigenvalue weighted by molar-refractivity contribution is 9.10. The third kappa shape index (κ3) is 2.57. The normalized spacial score (nSPS) is 13.2. The van der Waals surface area contributed by atoms with Crippen molar-refractivity contribution >= 4 is 27.3 Å². The second-order valence-corrected chi connectivity index (χ2v) is 4.76. The fraction of sp³-hybridized carbons (Fsp3) is 0.556. The van der Waals surface area contributed by atoms with Crippen LogP contribution in [0.15, 0.2) is 15.9 Å². The Morgan fingerprint density at radius 2 is 2.42 bits per heavy atom. The Morgan fingerprint density at radius 1 is 1.67 bits per heavy atom. The van der Waals surface area contributed by atoms with Crippen molar-refractivity contribution in [3.8, 4) is 0 Å². The van der Waals surface area contributed by atoms with Crippen molar-refractivity contribution in [2.75, 3.05) is 6.54 Å². The van der Waals surface area contributed by atoms with Crippen LogP contribution in [0.5, 0.6) is 0 Å². The molecule has 68 valence electrons. The molecule has 1 aromatic heterocycles. The highest BCUT2D eigenvalue weighted by Crippen LogP contribution is 2.25. The van der Waals surface area contributed by atoms with Gasteiger partial charge in [-0.1, -0.05) is 13.3 Å². The number of halogens is 1. The van der Waals surface area contributed by atoms with E-state index in [0.717, 1.165) is 13.0 Å². The van der Waals surface area contributed by atoms with Crippen molar-refractivity contribution in [1.82, 2.24) is 0 Å². The molecular weight excluding hydrogens is 234 g/mol. The third-order valence-corrected chi connectivity index (χ3v) is 4.02. The summed E-state index contributed by atoms with van der Waals surface area (Å²) in [5, 5.41) is 2.11. The molecule has 0 aromatic carbocycles. The summed E-state index contributed by atoms with van der Waals surface area (Å²) in [5.41, 5.74) is 5.64. The number of rotatable bonds is 4. The molecule has 3 heteroatoms. The van der Waals surface area contributed by atoms with Gasteiger partial charge in [0.2, 0.25) is 0 Å². The van der Waals surface area contributed by atoms with Gasteiger partial charge in [-0.2, -0.15) is 0 Å². The average molecular weight is 248 g/mol. The van der Waals surface area contributed by atoms with E-state index >= 15 is 0 Å². The smallest absolute Gasteiger partial charge is 0.0314 e. The van der Waals surface area contributed by atoms with Gasteiger partial charge < -0.3 is 5.73 Å². The van der Waals surface area contributed by atoms with Crippen LogP contribution >= 0.6 is 27.3 Å². The number of hydrogen-bond acceptors (Lipinski definition) is 2. The molecule has 2 N–H and O–H groups in total. The quantitative estimate of drug-likeness (QED) is 0.870. The van der Waals surface area contributed by atoms with E-state index in [4.69, 9.17) is 5.73 Å². The van der Waals surface area contributed by atoms with Gasteiger partial charge in [0.05, 0.1) is 0 Å². The van der Waals surface area contributed by atoms with Gasteiger partial charge in [0.1, 0.15) is 0 Å².